The fraction of sp³-hybridized carbons (Fsp3) is 0.929. The van der Waals surface area contributed by atoms with Gasteiger partial charge in [-0.25, -0.2) is 0 Å². The maximum atomic E-state index is 11.9. The summed E-state index contributed by atoms with van der Waals surface area (Å²) in [5, 5.41) is 0. The van der Waals surface area contributed by atoms with E-state index in [0.29, 0.717) is 17.1 Å². The molecule has 0 bridgehead atoms. The van der Waals surface area contributed by atoms with E-state index in [1.807, 2.05) is 0 Å². The molecule has 2 aliphatic carbocycles. The number of carbonyl (C=O) groups excluding carboxylic acids is 1. The van der Waals surface area contributed by atoms with E-state index in [-0.39, 0.29) is 0 Å². The third-order valence-electron chi connectivity index (χ3n) is 5.27. The lowest BCUT2D eigenvalue weighted by Gasteiger charge is -2.42. The zero-order chi connectivity index (χ0) is 11.1. The van der Waals surface area contributed by atoms with Gasteiger partial charge in [-0.05, 0) is 42.9 Å². The van der Waals surface area contributed by atoms with Gasteiger partial charge in [0.05, 0.1) is 0 Å². The number of carbonyl (C=O) groups is 1. The van der Waals surface area contributed by atoms with Gasteiger partial charge in [-0.1, -0.05) is 27.2 Å². The molecule has 0 N–H and O–H groups in total. The lowest BCUT2D eigenvalue weighted by atomic mass is 9.62. The number of fused-ring (bicyclic) bond motifs is 1. The molecule has 4 atom stereocenters. The predicted octanol–water partition coefficient (Wildman–Crippen LogP) is 3.82. The molecule has 0 aromatic carbocycles. The lowest BCUT2D eigenvalue weighted by molar-refractivity contribution is -0.130. The zero-order valence-corrected chi connectivity index (χ0v) is 10.4. The minimum absolute atomic E-state index is 0.352. The van der Waals surface area contributed by atoms with E-state index in [1.165, 1.54) is 25.7 Å². The van der Waals surface area contributed by atoms with Crippen LogP contribution in [0.3, 0.4) is 0 Å². The standard InChI is InChI=1S/C14H24O/c1-4-10(2)11-7-8-12-13(15)6-5-9-14(11,12)3/h10-12H,4-9H2,1-3H3/t10-,11?,12-,14+/m0/s1. The fourth-order valence-corrected chi connectivity index (χ4v) is 4.19. The van der Waals surface area contributed by atoms with Gasteiger partial charge in [0.1, 0.15) is 5.78 Å². The van der Waals surface area contributed by atoms with Gasteiger partial charge in [0.25, 0.3) is 0 Å². The molecule has 0 radical (unpaired) electrons. The summed E-state index contributed by atoms with van der Waals surface area (Å²) < 4.78 is 0. The summed E-state index contributed by atoms with van der Waals surface area (Å²) in [6, 6.07) is 0. The van der Waals surface area contributed by atoms with Gasteiger partial charge in [0.2, 0.25) is 0 Å². The van der Waals surface area contributed by atoms with Crippen molar-refractivity contribution in [2.24, 2.45) is 23.2 Å². The molecule has 0 spiro atoms. The smallest absolute Gasteiger partial charge is 0.136 e. The number of rotatable bonds is 2. The highest BCUT2D eigenvalue weighted by Crippen LogP contribution is 2.56. The van der Waals surface area contributed by atoms with Crippen LogP contribution in [0.5, 0.6) is 0 Å². The molecular formula is C14H24O. The Morgan fingerprint density at radius 2 is 2.20 bits per heavy atom. The molecule has 0 aromatic rings. The third-order valence-corrected chi connectivity index (χ3v) is 5.27. The average molecular weight is 208 g/mol. The first-order valence-electron chi connectivity index (χ1n) is 6.62. The van der Waals surface area contributed by atoms with Crippen LogP contribution < -0.4 is 0 Å². The summed E-state index contributed by atoms with van der Waals surface area (Å²) in [7, 11) is 0. The van der Waals surface area contributed by atoms with Crippen molar-refractivity contribution in [2.75, 3.05) is 0 Å². The minimum atomic E-state index is 0.352. The first-order valence-corrected chi connectivity index (χ1v) is 6.62. The van der Waals surface area contributed by atoms with E-state index in [1.54, 1.807) is 0 Å². The molecule has 0 heterocycles. The second kappa shape index (κ2) is 3.92. The predicted molar refractivity (Wildman–Crippen MR) is 62.6 cm³/mol. The van der Waals surface area contributed by atoms with Gasteiger partial charge < -0.3 is 0 Å². The maximum Gasteiger partial charge on any atom is 0.136 e. The topological polar surface area (TPSA) is 17.1 Å². The number of Topliss-reactive ketones (excluding diaryl/α,β-unsaturated/α-hetero) is 1. The molecule has 1 nitrogen and oxygen atoms in total. The molecule has 2 fully saturated rings. The molecular weight excluding hydrogens is 184 g/mol. The average Bonchev–Trinajstić information content (AvgIpc) is 2.56. The quantitative estimate of drug-likeness (QED) is 0.674. The van der Waals surface area contributed by atoms with Crippen LogP contribution in [-0.4, -0.2) is 5.78 Å². The van der Waals surface area contributed by atoms with Crippen LogP contribution in [0, 0.1) is 23.2 Å². The van der Waals surface area contributed by atoms with E-state index < -0.39 is 0 Å². The van der Waals surface area contributed by atoms with E-state index in [2.05, 4.69) is 20.8 Å². The molecule has 2 rings (SSSR count). The summed E-state index contributed by atoms with van der Waals surface area (Å²) in [5.41, 5.74) is 0.352. The number of ketones is 1. The third kappa shape index (κ3) is 1.64. The van der Waals surface area contributed by atoms with Gasteiger partial charge in [-0.3, -0.25) is 4.79 Å². The Bertz CT molecular complexity index is 258. The molecule has 86 valence electrons. The van der Waals surface area contributed by atoms with Crippen LogP contribution in [0.25, 0.3) is 0 Å². The summed E-state index contributed by atoms with van der Waals surface area (Å²) >= 11 is 0. The van der Waals surface area contributed by atoms with Crippen LogP contribution in [0.15, 0.2) is 0 Å². The molecule has 15 heavy (non-hydrogen) atoms. The highest BCUT2D eigenvalue weighted by molar-refractivity contribution is 5.83. The molecule has 0 aliphatic heterocycles. The Labute approximate surface area is 93.6 Å². The van der Waals surface area contributed by atoms with Crippen LogP contribution in [0.2, 0.25) is 0 Å². The highest BCUT2D eigenvalue weighted by Gasteiger charge is 2.51. The highest BCUT2D eigenvalue weighted by atomic mass is 16.1. The van der Waals surface area contributed by atoms with E-state index in [9.17, 15) is 4.79 Å². The van der Waals surface area contributed by atoms with Crippen molar-refractivity contribution in [1.29, 1.82) is 0 Å². The summed E-state index contributed by atoms with van der Waals surface area (Å²) in [5.74, 6) is 2.57. The Hall–Kier alpha value is -0.330. The summed E-state index contributed by atoms with van der Waals surface area (Å²) in [4.78, 5) is 11.9. The Morgan fingerprint density at radius 1 is 1.47 bits per heavy atom. The van der Waals surface area contributed by atoms with Crippen molar-refractivity contribution < 1.29 is 4.79 Å². The summed E-state index contributed by atoms with van der Waals surface area (Å²) in [6.45, 7) is 7.04. The molecule has 1 unspecified atom stereocenters. The fourth-order valence-electron chi connectivity index (χ4n) is 4.19. The second-order valence-electron chi connectivity index (χ2n) is 5.95. The van der Waals surface area contributed by atoms with Crippen molar-refractivity contribution >= 4 is 5.78 Å². The van der Waals surface area contributed by atoms with Gasteiger partial charge in [-0.15, -0.1) is 0 Å². The van der Waals surface area contributed by atoms with E-state index >= 15 is 0 Å². The summed E-state index contributed by atoms with van der Waals surface area (Å²) in [6.07, 6.45) is 7.01. The van der Waals surface area contributed by atoms with Crippen LogP contribution >= 0.6 is 0 Å². The maximum absolute atomic E-state index is 11.9. The van der Waals surface area contributed by atoms with E-state index in [4.69, 9.17) is 0 Å². The molecule has 1 heteroatoms. The van der Waals surface area contributed by atoms with Crippen molar-refractivity contribution in [3.05, 3.63) is 0 Å². The first kappa shape index (κ1) is 11.2. The molecule has 0 aromatic heterocycles. The van der Waals surface area contributed by atoms with Crippen LogP contribution in [-0.2, 0) is 4.79 Å². The van der Waals surface area contributed by atoms with Crippen molar-refractivity contribution in [1.82, 2.24) is 0 Å². The molecule has 0 amide bonds. The van der Waals surface area contributed by atoms with Crippen molar-refractivity contribution in [2.45, 2.75) is 59.3 Å². The van der Waals surface area contributed by atoms with Crippen molar-refractivity contribution in [3.63, 3.8) is 0 Å². The first-order chi connectivity index (χ1) is 7.09. The molecule has 0 saturated heterocycles. The lowest BCUT2D eigenvalue weighted by Crippen LogP contribution is -2.39. The zero-order valence-electron chi connectivity index (χ0n) is 10.4. The van der Waals surface area contributed by atoms with Gasteiger partial charge in [-0.2, -0.15) is 0 Å². The normalized spacial score (nSPS) is 42.7. The number of hydrogen-bond donors (Lipinski definition) is 0. The van der Waals surface area contributed by atoms with Gasteiger partial charge in [0, 0.05) is 12.3 Å². The Morgan fingerprint density at radius 3 is 2.87 bits per heavy atom. The van der Waals surface area contributed by atoms with Gasteiger partial charge in [0.15, 0.2) is 0 Å². The van der Waals surface area contributed by atoms with Crippen LogP contribution in [0.1, 0.15) is 59.3 Å². The molecule has 2 aliphatic rings. The Kier molecular flexibility index (Phi) is 2.92. The Balaban J connectivity index is 2.21. The number of hydrogen-bond acceptors (Lipinski definition) is 1. The monoisotopic (exact) mass is 208 g/mol. The molecule has 2 saturated carbocycles. The van der Waals surface area contributed by atoms with E-state index in [0.717, 1.165) is 24.7 Å². The van der Waals surface area contributed by atoms with Gasteiger partial charge >= 0.3 is 0 Å². The second-order valence-corrected chi connectivity index (χ2v) is 5.95. The van der Waals surface area contributed by atoms with Crippen molar-refractivity contribution in [3.8, 4) is 0 Å². The largest absolute Gasteiger partial charge is 0.299 e. The minimum Gasteiger partial charge on any atom is -0.299 e. The SMILES string of the molecule is CC[C@H](C)C1CC[C@H]2C(=O)CCC[C@]12C. The van der Waals surface area contributed by atoms with Crippen LogP contribution in [0.4, 0.5) is 0 Å².